The summed E-state index contributed by atoms with van der Waals surface area (Å²) in [4.78, 5) is 23.1. The second-order valence-electron chi connectivity index (χ2n) is 5.93. The molecule has 126 valence electrons. The smallest absolute Gasteiger partial charge is 0.410 e. The normalized spacial score (nSPS) is 33.1. The lowest BCUT2D eigenvalue weighted by Crippen LogP contribution is -2.66. The Morgan fingerprint density at radius 3 is 2.64 bits per heavy atom. The van der Waals surface area contributed by atoms with Crippen molar-refractivity contribution < 1.29 is 27.6 Å². The fraction of sp³-hybridized carbons (Fsp3) is 0.923. The summed E-state index contributed by atoms with van der Waals surface area (Å²) in [5, 5.41) is 11.3. The zero-order valence-corrected chi connectivity index (χ0v) is 12.2. The van der Waals surface area contributed by atoms with E-state index in [1.807, 2.05) is 0 Å². The number of ether oxygens (including phenoxy) is 1. The van der Waals surface area contributed by atoms with E-state index in [1.54, 1.807) is 0 Å². The zero-order chi connectivity index (χ0) is 16.5. The summed E-state index contributed by atoms with van der Waals surface area (Å²) < 4.78 is 44.8. The van der Waals surface area contributed by atoms with Gasteiger partial charge in [-0.2, -0.15) is 13.2 Å². The highest BCUT2D eigenvalue weighted by Crippen LogP contribution is 2.42. The Bertz CT molecular complexity index is 443. The summed E-state index contributed by atoms with van der Waals surface area (Å²) in [6.45, 7) is 0.212. The molecule has 2 aliphatic rings. The van der Waals surface area contributed by atoms with Crippen molar-refractivity contribution in [3.8, 4) is 0 Å². The van der Waals surface area contributed by atoms with Gasteiger partial charge in [0, 0.05) is 16.9 Å². The number of nitro groups is 1. The largest absolute Gasteiger partial charge is 0.469 e. The molecule has 2 saturated heterocycles. The second kappa shape index (κ2) is 6.39. The predicted octanol–water partition coefficient (Wildman–Crippen LogP) is 2.00. The monoisotopic (exact) mass is 324 g/mol. The van der Waals surface area contributed by atoms with Gasteiger partial charge in [0.2, 0.25) is 6.04 Å². The van der Waals surface area contributed by atoms with Gasteiger partial charge in [0.15, 0.2) is 6.04 Å². The van der Waals surface area contributed by atoms with E-state index < -0.39 is 35.1 Å². The van der Waals surface area contributed by atoms with Crippen LogP contribution in [-0.2, 0) is 9.53 Å². The summed E-state index contributed by atoms with van der Waals surface area (Å²) in [6.07, 6.45) is -2.82. The van der Waals surface area contributed by atoms with Crippen LogP contribution in [0.3, 0.4) is 0 Å². The summed E-state index contributed by atoms with van der Waals surface area (Å²) in [7, 11) is 1.13. The number of carbonyl (C=O) groups is 1. The number of hydrogen-bond donors (Lipinski definition) is 0. The van der Waals surface area contributed by atoms with Crippen molar-refractivity contribution in [2.45, 2.75) is 56.4 Å². The summed E-state index contributed by atoms with van der Waals surface area (Å²) in [5.41, 5.74) is 0. The first-order valence-electron chi connectivity index (χ1n) is 7.28. The molecular formula is C13H19F3N2O4. The Labute approximate surface area is 125 Å². The molecule has 0 aromatic heterocycles. The van der Waals surface area contributed by atoms with Crippen LogP contribution in [0.1, 0.15) is 32.1 Å². The van der Waals surface area contributed by atoms with Crippen molar-refractivity contribution in [1.82, 2.24) is 4.90 Å². The average Bonchev–Trinajstić information content (AvgIpc) is 2.44. The van der Waals surface area contributed by atoms with Gasteiger partial charge in [-0.1, -0.05) is 6.42 Å². The van der Waals surface area contributed by atoms with Crippen molar-refractivity contribution in [3.63, 3.8) is 0 Å². The summed E-state index contributed by atoms with van der Waals surface area (Å²) in [6, 6.07) is -4.31. The van der Waals surface area contributed by atoms with Crippen molar-refractivity contribution in [2.75, 3.05) is 13.7 Å². The molecule has 2 fully saturated rings. The van der Waals surface area contributed by atoms with E-state index in [0.717, 1.165) is 13.5 Å². The van der Waals surface area contributed by atoms with Crippen LogP contribution in [0, 0.1) is 16.0 Å². The Kier molecular flexibility index (Phi) is 4.93. The highest BCUT2D eigenvalue weighted by atomic mass is 19.4. The molecule has 0 aliphatic carbocycles. The molecule has 0 radical (unpaired) electrons. The molecule has 2 heterocycles. The minimum atomic E-state index is -4.69. The van der Waals surface area contributed by atoms with E-state index in [0.29, 0.717) is 12.8 Å². The fourth-order valence-electron chi connectivity index (χ4n) is 3.76. The number of esters is 1. The Morgan fingerprint density at radius 2 is 2.09 bits per heavy atom. The molecule has 0 aromatic carbocycles. The van der Waals surface area contributed by atoms with Gasteiger partial charge in [-0.05, 0) is 25.8 Å². The third-order valence-corrected chi connectivity index (χ3v) is 4.65. The Balaban J connectivity index is 2.34. The SMILES string of the molecule is COC(=O)C[C@@H]1C[C@@H]2CCCCN2[C@H](C(F)(F)F)[C@H]1[N+](=O)[O-]. The maximum Gasteiger partial charge on any atom is 0.410 e. The molecule has 6 nitrogen and oxygen atoms in total. The van der Waals surface area contributed by atoms with Gasteiger partial charge in [-0.15, -0.1) is 0 Å². The van der Waals surface area contributed by atoms with Gasteiger partial charge in [-0.25, -0.2) is 0 Å². The molecule has 0 spiro atoms. The van der Waals surface area contributed by atoms with E-state index in [9.17, 15) is 28.1 Å². The lowest BCUT2D eigenvalue weighted by molar-refractivity contribution is -0.554. The zero-order valence-electron chi connectivity index (χ0n) is 12.2. The van der Waals surface area contributed by atoms with E-state index in [2.05, 4.69) is 4.74 Å². The molecule has 2 rings (SSSR count). The highest BCUT2D eigenvalue weighted by Gasteiger charge is 2.61. The van der Waals surface area contributed by atoms with Gasteiger partial charge in [0.25, 0.3) is 0 Å². The first-order chi connectivity index (χ1) is 10.3. The lowest BCUT2D eigenvalue weighted by atomic mass is 9.77. The molecule has 2 aliphatic heterocycles. The number of carbonyl (C=O) groups excluding carboxylic acids is 1. The van der Waals surface area contributed by atoms with Crippen LogP contribution in [0.2, 0.25) is 0 Å². The van der Waals surface area contributed by atoms with Crippen molar-refractivity contribution >= 4 is 5.97 Å². The molecule has 9 heteroatoms. The Morgan fingerprint density at radius 1 is 1.41 bits per heavy atom. The average molecular weight is 324 g/mol. The first kappa shape index (κ1) is 17.0. The number of rotatable bonds is 3. The number of alkyl halides is 3. The summed E-state index contributed by atoms with van der Waals surface area (Å²) in [5.74, 6) is -1.66. The van der Waals surface area contributed by atoms with Crippen molar-refractivity contribution in [3.05, 3.63) is 10.1 Å². The number of hydrogen-bond acceptors (Lipinski definition) is 5. The molecule has 22 heavy (non-hydrogen) atoms. The molecule has 0 bridgehead atoms. The Hall–Kier alpha value is -1.38. The molecular weight excluding hydrogens is 305 g/mol. The standard InChI is InChI=1S/C13H19F3N2O4/c1-22-10(19)7-8-6-9-4-2-3-5-17(9)12(13(14,15)16)11(8)18(20)21/h8-9,11-12H,2-7H2,1H3/t8-,9-,11-,12-/m0/s1. The van der Waals surface area contributed by atoms with E-state index in [1.165, 1.54) is 4.90 Å². The maximum atomic E-state index is 13.5. The number of fused-ring (bicyclic) bond motifs is 1. The molecule has 4 atom stereocenters. The maximum absolute atomic E-state index is 13.5. The van der Waals surface area contributed by atoms with Gasteiger partial charge in [0.05, 0.1) is 13.5 Å². The van der Waals surface area contributed by atoms with E-state index in [-0.39, 0.29) is 25.4 Å². The molecule has 0 unspecified atom stereocenters. The number of halogens is 3. The molecule has 0 saturated carbocycles. The minimum Gasteiger partial charge on any atom is -0.469 e. The molecule has 0 N–H and O–H groups in total. The van der Waals surface area contributed by atoms with Crippen LogP contribution in [0.25, 0.3) is 0 Å². The van der Waals surface area contributed by atoms with Crippen molar-refractivity contribution in [2.24, 2.45) is 5.92 Å². The van der Waals surface area contributed by atoms with Crippen molar-refractivity contribution in [1.29, 1.82) is 0 Å². The molecule has 0 amide bonds. The van der Waals surface area contributed by atoms with Crippen LogP contribution >= 0.6 is 0 Å². The minimum absolute atomic E-state index is 0.212. The number of methoxy groups -OCH3 is 1. The van der Waals surface area contributed by atoms with Gasteiger partial charge >= 0.3 is 12.1 Å². The van der Waals surface area contributed by atoms with E-state index in [4.69, 9.17) is 0 Å². The highest BCUT2D eigenvalue weighted by molar-refractivity contribution is 5.69. The van der Waals surface area contributed by atoms with E-state index >= 15 is 0 Å². The van der Waals surface area contributed by atoms with Crippen LogP contribution in [0.5, 0.6) is 0 Å². The number of nitrogens with zero attached hydrogens (tertiary/aromatic N) is 2. The second-order valence-corrected chi connectivity index (χ2v) is 5.93. The summed E-state index contributed by atoms with van der Waals surface area (Å²) >= 11 is 0. The van der Waals surface area contributed by atoms with Gasteiger partial charge in [0.1, 0.15) is 0 Å². The van der Waals surface area contributed by atoms with Crippen LogP contribution in [-0.4, -0.2) is 53.7 Å². The lowest BCUT2D eigenvalue weighted by Gasteiger charge is -2.48. The van der Waals surface area contributed by atoms with Crippen LogP contribution in [0.15, 0.2) is 0 Å². The van der Waals surface area contributed by atoms with Gasteiger partial charge < -0.3 is 4.74 Å². The third-order valence-electron chi connectivity index (χ3n) is 4.65. The first-order valence-corrected chi connectivity index (χ1v) is 7.28. The molecule has 0 aromatic rings. The number of piperidine rings is 2. The predicted molar refractivity (Wildman–Crippen MR) is 69.7 cm³/mol. The fourth-order valence-corrected chi connectivity index (χ4v) is 3.76. The van der Waals surface area contributed by atoms with Crippen LogP contribution in [0.4, 0.5) is 13.2 Å². The topological polar surface area (TPSA) is 72.7 Å². The quantitative estimate of drug-likeness (QED) is 0.451. The van der Waals surface area contributed by atoms with Crippen LogP contribution < -0.4 is 0 Å². The third kappa shape index (κ3) is 3.34. The van der Waals surface area contributed by atoms with Gasteiger partial charge in [-0.3, -0.25) is 19.8 Å².